The molecule has 1 unspecified atom stereocenters. The quantitative estimate of drug-likeness (QED) is 0.705. The van der Waals surface area contributed by atoms with Crippen molar-refractivity contribution in [1.82, 2.24) is 0 Å². The van der Waals surface area contributed by atoms with Crippen molar-refractivity contribution in [2.45, 2.75) is 31.6 Å². The van der Waals surface area contributed by atoms with Crippen LogP contribution in [0.25, 0.3) is 0 Å². The lowest BCUT2D eigenvalue weighted by Gasteiger charge is -2.42. The van der Waals surface area contributed by atoms with E-state index in [2.05, 4.69) is 62.0 Å². The lowest BCUT2D eigenvalue weighted by atomic mass is 9.61. The predicted octanol–water partition coefficient (Wildman–Crippen LogP) is 5.37. The Bertz CT molecular complexity index is 650. The van der Waals surface area contributed by atoms with E-state index in [0.29, 0.717) is 5.92 Å². The largest absolute Gasteiger partial charge is 0.497 e. The van der Waals surface area contributed by atoms with E-state index >= 15 is 0 Å². The molecule has 3 rings (SSSR count). The first-order valence-corrected chi connectivity index (χ1v) is 8.53. The summed E-state index contributed by atoms with van der Waals surface area (Å²) in [5, 5.41) is 0. The highest BCUT2D eigenvalue weighted by Crippen LogP contribution is 2.48. The molecule has 2 heteroatoms. The third-order valence-corrected chi connectivity index (χ3v) is 5.17. The van der Waals surface area contributed by atoms with Gasteiger partial charge in [-0.15, -0.1) is 0 Å². The van der Waals surface area contributed by atoms with E-state index < -0.39 is 0 Å². The summed E-state index contributed by atoms with van der Waals surface area (Å²) in [6.45, 7) is 6.65. The van der Waals surface area contributed by atoms with Crippen LogP contribution in [-0.4, -0.2) is 14.2 Å². The molecule has 0 radical (unpaired) electrons. The SMILES string of the molecule is C=C1CC(C)CC(c2ccc(OC)cc2)(c2ccc(OC)cc2)C1. The number of hydrogen-bond acceptors (Lipinski definition) is 2. The molecule has 1 fully saturated rings. The molecule has 1 aliphatic rings. The van der Waals surface area contributed by atoms with Crippen molar-refractivity contribution in [3.05, 3.63) is 71.8 Å². The third-order valence-electron chi connectivity index (χ3n) is 5.17. The molecule has 24 heavy (non-hydrogen) atoms. The third kappa shape index (κ3) is 3.06. The fourth-order valence-electron chi connectivity index (χ4n) is 4.16. The van der Waals surface area contributed by atoms with Crippen LogP contribution in [0.1, 0.15) is 37.3 Å². The zero-order chi connectivity index (χ0) is 17.2. The first kappa shape index (κ1) is 16.6. The summed E-state index contributed by atoms with van der Waals surface area (Å²) in [6.07, 6.45) is 3.24. The summed E-state index contributed by atoms with van der Waals surface area (Å²) >= 11 is 0. The molecule has 0 amide bonds. The second kappa shape index (κ2) is 6.72. The van der Waals surface area contributed by atoms with E-state index in [4.69, 9.17) is 9.47 Å². The summed E-state index contributed by atoms with van der Waals surface area (Å²) in [4.78, 5) is 0. The molecule has 1 aliphatic carbocycles. The van der Waals surface area contributed by atoms with E-state index in [1.807, 2.05) is 0 Å². The molecule has 2 aromatic carbocycles. The molecule has 2 nitrogen and oxygen atoms in total. The molecule has 1 atom stereocenters. The summed E-state index contributed by atoms with van der Waals surface area (Å²) in [7, 11) is 3.41. The fourth-order valence-corrected chi connectivity index (χ4v) is 4.16. The highest BCUT2D eigenvalue weighted by atomic mass is 16.5. The van der Waals surface area contributed by atoms with Crippen molar-refractivity contribution in [3.63, 3.8) is 0 Å². The van der Waals surface area contributed by atoms with Crippen LogP contribution in [0.4, 0.5) is 0 Å². The molecule has 126 valence electrons. The highest BCUT2D eigenvalue weighted by molar-refractivity contribution is 5.45. The van der Waals surface area contributed by atoms with E-state index in [1.165, 1.54) is 16.7 Å². The van der Waals surface area contributed by atoms with Crippen LogP contribution in [0.3, 0.4) is 0 Å². The van der Waals surface area contributed by atoms with Gasteiger partial charge in [0.2, 0.25) is 0 Å². The minimum Gasteiger partial charge on any atom is -0.497 e. The van der Waals surface area contributed by atoms with Gasteiger partial charge in [0.05, 0.1) is 14.2 Å². The topological polar surface area (TPSA) is 18.5 Å². The van der Waals surface area contributed by atoms with Gasteiger partial charge in [0, 0.05) is 5.41 Å². The maximum absolute atomic E-state index is 5.33. The minimum absolute atomic E-state index is 0.0205. The van der Waals surface area contributed by atoms with Crippen molar-refractivity contribution < 1.29 is 9.47 Å². The predicted molar refractivity (Wildman–Crippen MR) is 98.9 cm³/mol. The van der Waals surface area contributed by atoms with E-state index in [9.17, 15) is 0 Å². The molecule has 0 spiro atoms. The van der Waals surface area contributed by atoms with Crippen molar-refractivity contribution >= 4 is 0 Å². The average Bonchev–Trinajstić information content (AvgIpc) is 2.61. The molecule has 0 N–H and O–H groups in total. The van der Waals surface area contributed by atoms with E-state index in [-0.39, 0.29) is 5.41 Å². The van der Waals surface area contributed by atoms with Crippen molar-refractivity contribution in [3.8, 4) is 11.5 Å². The Hall–Kier alpha value is -2.22. The van der Waals surface area contributed by atoms with Gasteiger partial charge in [-0.3, -0.25) is 0 Å². The van der Waals surface area contributed by atoms with Crippen LogP contribution in [-0.2, 0) is 5.41 Å². The lowest BCUT2D eigenvalue weighted by molar-refractivity contribution is 0.325. The standard InChI is InChI=1S/C22H26O2/c1-16-13-17(2)15-22(14-16,18-5-9-20(23-3)10-6-18)19-7-11-21(24-4)12-8-19/h5-12,17H,1,13-15H2,2-4H3. The van der Waals surface area contributed by atoms with Gasteiger partial charge in [-0.05, 0) is 60.6 Å². The second-order valence-electron chi connectivity index (χ2n) is 6.98. The molecular formula is C22H26O2. The minimum atomic E-state index is -0.0205. The van der Waals surface area contributed by atoms with Gasteiger partial charge in [0.15, 0.2) is 0 Å². The Balaban J connectivity index is 2.10. The first-order valence-electron chi connectivity index (χ1n) is 8.53. The number of methoxy groups -OCH3 is 2. The van der Waals surface area contributed by atoms with Gasteiger partial charge < -0.3 is 9.47 Å². The van der Waals surface area contributed by atoms with Gasteiger partial charge in [-0.25, -0.2) is 0 Å². The maximum atomic E-state index is 5.33. The molecular weight excluding hydrogens is 296 g/mol. The Morgan fingerprint density at radius 3 is 1.71 bits per heavy atom. The molecule has 1 saturated carbocycles. The summed E-state index contributed by atoms with van der Waals surface area (Å²) in [5.74, 6) is 2.41. The van der Waals surface area contributed by atoms with Crippen LogP contribution >= 0.6 is 0 Å². The van der Waals surface area contributed by atoms with Crippen LogP contribution in [0.2, 0.25) is 0 Å². The molecule has 0 saturated heterocycles. The monoisotopic (exact) mass is 322 g/mol. The Kier molecular flexibility index (Phi) is 4.66. The van der Waals surface area contributed by atoms with Crippen LogP contribution in [0.15, 0.2) is 60.7 Å². The number of rotatable bonds is 4. The fraction of sp³-hybridized carbons (Fsp3) is 0.364. The number of allylic oxidation sites excluding steroid dienone is 1. The van der Waals surface area contributed by atoms with E-state index in [0.717, 1.165) is 30.8 Å². The zero-order valence-electron chi connectivity index (χ0n) is 14.8. The van der Waals surface area contributed by atoms with Crippen LogP contribution < -0.4 is 9.47 Å². The number of hydrogen-bond donors (Lipinski definition) is 0. The first-order chi connectivity index (χ1) is 11.6. The Morgan fingerprint density at radius 2 is 1.33 bits per heavy atom. The van der Waals surface area contributed by atoms with Crippen molar-refractivity contribution in [2.75, 3.05) is 14.2 Å². The Morgan fingerprint density at radius 1 is 0.875 bits per heavy atom. The maximum Gasteiger partial charge on any atom is 0.118 e. The Labute approximate surface area is 145 Å². The normalized spacial score (nSPS) is 19.8. The van der Waals surface area contributed by atoms with Gasteiger partial charge in [-0.1, -0.05) is 43.3 Å². The second-order valence-corrected chi connectivity index (χ2v) is 6.98. The van der Waals surface area contributed by atoms with Crippen LogP contribution in [0.5, 0.6) is 11.5 Å². The number of ether oxygens (including phenoxy) is 2. The average molecular weight is 322 g/mol. The molecule has 2 aromatic rings. The van der Waals surface area contributed by atoms with Gasteiger partial charge >= 0.3 is 0 Å². The van der Waals surface area contributed by atoms with Gasteiger partial charge in [0.25, 0.3) is 0 Å². The van der Waals surface area contributed by atoms with Crippen LogP contribution in [0, 0.1) is 5.92 Å². The lowest BCUT2D eigenvalue weighted by Crippen LogP contribution is -2.34. The molecule has 0 aliphatic heterocycles. The van der Waals surface area contributed by atoms with Gasteiger partial charge in [0.1, 0.15) is 11.5 Å². The summed E-state index contributed by atoms with van der Waals surface area (Å²) in [5.41, 5.74) is 3.98. The smallest absolute Gasteiger partial charge is 0.118 e. The molecule has 0 bridgehead atoms. The van der Waals surface area contributed by atoms with Crippen molar-refractivity contribution in [1.29, 1.82) is 0 Å². The number of benzene rings is 2. The summed E-state index contributed by atoms with van der Waals surface area (Å²) < 4.78 is 10.7. The molecule has 0 aromatic heterocycles. The molecule has 0 heterocycles. The van der Waals surface area contributed by atoms with Gasteiger partial charge in [-0.2, -0.15) is 0 Å². The van der Waals surface area contributed by atoms with E-state index in [1.54, 1.807) is 14.2 Å². The highest BCUT2D eigenvalue weighted by Gasteiger charge is 2.39. The van der Waals surface area contributed by atoms with Crippen molar-refractivity contribution in [2.24, 2.45) is 5.92 Å². The summed E-state index contributed by atoms with van der Waals surface area (Å²) in [6, 6.07) is 17.0. The zero-order valence-corrected chi connectivity index (χ0v) is 14.8.